The van der Waals surface area contributed by atoms with E-state index in [4.69, 9.17) is 4.74 Å². The number of nitrogens with one attached hydrogen (secondary N) is 1. The number of pyridine rings is 1. The van der Waals surface area contributed by atoms with Crippen LogP contribution in [0.1, 0.15) is 22.3 Å². The number of hydrogen-bond acceptors (Lipinski definition) is 4. The van der Waals surface area contributed by atoms with E-state index >= 15 is 0 Å². The number of ether oxygens (including phenoxy) is 1. The maximum Gasteiger partial charge on any atom is 0.306 e. The van der Waals surface area contributed by atoms with Gasteiger partial charge in [-0.1, -0.05) is 30.3 Å². The molecule has 2 aromatic rings. The van der Waals surface area contributed by atoms with Crippen molar-refractivity contribution in [2.24, 2.45) is 0 Å². The molecular formula is C17H18N2O3. The summed E-state index contributed by atoms with van der Waals surface area (Å²) in [5.74, 6) is -0.468. The molecule has 0 unspecified atom stereocenters. The van der Waals surface area contributed by atoms with Crippen molar-refractivity contribution in [3.63, 3.8) is 0 Å². The fraction of sp³-hybridized carbons (Fsp3) is 0.235. The van der Waals surface area contributed by atoms with E-state index in [1.807, 2.05) is 30.3 Å². The second-order valence-corrected chi connectivity index (χ2v) is 4.70. The first kappa shape index (κ1) is 15.7. The second kappa shape index (κ2) is 8.56. The predicted molar refractivity (Wildman–Crippen MR) is 82.3 cm³/mol. The zero-order chi connectivity index (χ0) is 15.6. The third kappa shape index (κ3) is 5.36. The highest BCUT2D eigenvalue weighted by Gasteiger charge is 2.06. The average Bonchev–Trinajstić information content (AvgIpc) is 2.58. The zero-order valence-electron chi connectivity index (χ0n) is 12.2. The van der Waals surface area contributed by atoms with Gasteiger partial charge in [-0.3, -0.25) is 14.6 Å². The van der Waals surface area contributed by atoms with Gasteiger partial charge in [-0.15, -0.1) is 0 Å². The Morgan fingerprint density at radius 1 is 1.05 bits per heavy atom. The summed E-state index contributed by atoms with van der Waals surface area (Å²) in [4.78, 5) is 27.2. The van der Waals surface area contributed by atoms with Gasteiger partial charge in [-0.2, -0.15) is 0 Å². The largest absolute Gasteiger partial charge is 0.464 e. The number of nitrogens with zero attached hydrogens (tertiary/aromatic N) is 1. The van der Waals surface area contributed by atoms with E-state index < -0.39 is 0 Å². The van der Waals surface area contributed by atoms with Gasteiger partial charge >= 0.3 is 5.97 Å². The number of esters is 1. The van der Waals surface area contributed by atoms with E-state index in [-0.39, 0.29) is 25.0 Å². The molecule has 5 nitrogen and oxygen atoms in total. The van der Waals surface area contributed by atoms with E-state index in [1.165, 1.54) is 0 Å². The Hall–Kier alpha value is -2.69. The van der Waals surface area contributed by atoms with E-state index in [1.54, 1.807) is 24.5 Å². The lowest BCUT2D eigenvalue weighted by Crippen LogP contribution is -2.28. The van der Waals surface area contributed by atoms with Gasteiger partial charge in [0, 0.05) is 24.4 Å². The lowest BCUT2D eigenvalue weighted by molar-refractivity contribution is -0.143. The first-order valence-corrected chi connectivity index (χ1v) is 7.13. The maximum absolute atomic E-state index is 11.7. The van der Waals surface area contributed by atoms with Gasteiger partial charge in [0.25, 0.3) is 5.91 Å². The lowest BCUT2D eigenvalue weighted by atomic mass is 10.1. The highest BCUT2D eigenvalue weighted by molar-refractivity contribution is 5.93. The molecule has 2 rings (SSSR count). The molecule has 0 aliphatic carbocycles. The fourth-order valence-corrected chi connectivity index (χ4v) is 1.90. The van der Waals surface area contributed by atoms with Gasteiger partial charge < -0.3 is 10.1 Å². The minimum absolute atomic E-state index is 0.171. The van der Waals surface area contributed by atoms with Crippen LogP contribution in [0, 0.1) is 0 Å². The van der Waals surface area contributed by atoms with Crippen molar-refractivity contribution < 1.29 is 14.3 Å². The summed E-state index contributed by atoms with van der Waals surface area (Å²) in [6, 6.07) is 13.0. The Balaban J connectivity index is 1.60. The molecule has 0 spiro atoms. The Kier molecular flexibility index (Phi) is 6.11. The fourth-order valence-electron chi connectivity index (χ4n) is 1.90. The molecule has 0 aliphatic heterocycles. The van der Waals surface area contributed by atoms with Crippen LogP contribution in [0.3, 0.4) is 0 Å². The third-order valence-electron chi connectivity index (χ3n) is 3.05. The maximum atomic E-state index is 11.7. The molecule has 0 aliphatic rings. The SMILES string of the molecule is O=C(CCc1ccccc1)OCCNC(=O)c1ccncc1. The van der Waals surface area contributed by atoms with Crippen LogP contribution in [0.15, 0.2) is 54.9 Å². The van der Waals surface area contributed by atoms with Gasteiger partial charge in [-0.25, -0.2) is 0 Å². The molecule has 0 fully saturated rings. The number of carbonyl (C=O) groups excluding carboxylic acids is 2. The summed E-state index contributed by atoms with van der Waals surface area (Å²) in [6.07, 6.45) is 4.10. The second-order valence-electron chi connectivity index (χ2n) is 4.70. The van der Waals surface area contributed by atoms with Gasteiger partial charge in [0.2, 0.25) is 0 Å². The Morgan fingerprint density at radius 2 is 1.77 bits per heavy atom. The molecule has 0 saturated heterocycles. The number of amides is 1. The van der Waals surface area contributed by atoms with E-state index in [0.29, 0.717) is 18.4 Å². The minimum Gasteiger partial charge on any atom is -0.464 e. The summed E-state index contributed by atoms with van der Waals surface area (Å²) in [5.41, 5.74) is 1.64. The van der Waals surface area contributed by atoms with Crippen LogP contribution in [0.4, 0.5) is 0 Å². The van der Waals surface area contributed by atoms with Gasteiger partial charge in [0.05, 0.1) is 6.54 Å². The van der Waals surface area contributed by atoms with Gasteiger partial charge in [0.15, 0.2) is 0 Å². The number of benzene rings is 1. The molecule has 1 amide bonds. The Bertz CT molecular complexity index is 600. The highest BCUT2D eigenvalue weighted by Crippen LogP contribution is 2.03. The number of carbonyl (C=O) groups is 2. The first-order valence-electron chi connectivity index (χ1n) is 7.13. The van der Waals surface area contributed by atoms with Crippen LogP contribution in [-0.4, -0.2) is 30.0 Å². The molecule has 114 valence electrons. The van der Waals surface area contributed by atoms with Crippen LogP contribution in [-0.2, 0) is 16.0 Å². The standard InChI is InChI=1S/C17H18N2O3/c20-16(7-6-14-4-2-1-3-5-14)22-13-12-19-17(21)15-8-10-18-11-9-15/h1-5,8-11H,6-7,12-13H2,(H,19,21). The first-order chi connectivity index (χ1) is 10.8. The molecule has 0 bridgehead atoms. The van der Waals surface area contributed by atoms with Crippen molar-refractivity contribution in [2.45, 2.75) is 12.8 Å². The number of rotatable bonds is 7. The van der Waals surface area contributed by atoms with E-state index in [0.717, 1.165) is 5.56 Å². The predicted octanol–water partition coefficient (Wildman–Crippen LogP) is 1.99. The lowest BCUT2D eigenvalue weighted by Gasteiger charge is -2.07. The smallest absolute Gasteiger partial charge is 0.306 e. The number of aromatic nitrogens is 1. The summed E-state index contributed by atoms with van der Waals surface area (Å²) < 4.78 is 5.08. The van der Waals surface area contributed by atoms with Crippen molar-refractivity contribution in [3.8, 4) is 0 Å². The van der Waals surface area contributed by atoms with Crippen molar-refractivity contribution in [2.75, 3.05) is 13.2 Å². The van der Waals surface area contributed by atoms with E-state index in [9.17, 15) is 9.59 Å². The minimum atomic E-state index is -0.262. The molecule has 1 N–H and O–H groups in total. The normalized spacial score (nSPS) is 10.0. The highest BCUT2D eigenvalue weighted by atomic mass is 16.5. The Labute approximate surface area is 129 Å². The quantitative estimate of drug-likeness (QED) is 0.627. The summed E-state index contributed by atoms with van der Waals surface area (Å²) in [7, 11) is 0. The summed E-state index contributed by atoms with van der Waals surface area (Å²) in [5, 5.41) is 2.68. The molecule has 1 heterocycles. The molecule has 0 saturated carbocycles. The van der Waals surface area contributed by atoms with Crippen LogP contribution < -0.4 is 5.32 Å². The van der Waals surface area contributed by atoms with Crippen LogP contribution >= 0.6 is 0 Å². The molecule has 0 atom stereocenters. The molecule has 0 radical (unpaired) electrons. The molecule has 22 heavy (non-hydrogen) atoms. The molecular weight excluding hydrogens is 280 g/mol. The Morgan fingerprint density at radius 3 is 2.50 bits per heavy atom. The summed E-state index contributed by atoms with van der Waals surface area (Å²) in [6.45, 7) is 0.461. The van der Waals surface area contributed by atoms with Gasteiger partial charge in [0.1, 0.15) is 6.61 Å². The zero-order valence-corrected chi connectivity index (χ0v) is 12.2. The van der Waals surface area contributed by atoms with Crippen LogP contribution in [0.5, 0.6) is 0 Å². The molecule has 1 aromatic carbocycles. The monoisotopic (exact) mass is 298 g/mol. The van der Waals surface area contributed by atoms with Crippen LogP contribution in [0.25, 0.3) is 0 Å². The average molecular weight is 298 g/mol. The van der Waals surface area contributed by atoms with Crippen molar-refractivity contribution >= 4 is 11.9 Å². The van der Waals surface area contributed by atoms with E-state index in [2.05, 4.69) is 10.3 Å². The number of aryl methyl sites for hydroxylation is 1. The third-order valence-corrected chi connectivity index (χ3v) is 3.05. The topological polar surface area (TPSA) is 68.3 Å². The van der Waals surface area contributed by atoms with Crippen LogP contribution in [0.2, 0.25) is 0 Å². The van der Waals surface area contributed by atoms with Crippen molar-refractivity contribution in [1.82, 2.24) is 10.3 Å². The molecule has 1 aromatic heterocycles. The number of hydrogen-bond donors (Lipinski definition) is 1. The van der Waals surface area contributed by atoms with Crippen molar-refractivity contribution in [1.29, 1.82) is 0 Å². The summed E-state index contributed by atoms with van der Waals surface area (Å²) >= 11 is 0. The van der Waals surface area contributed by atoms with Crippen molar-refractivity contribution in [3.05, 3.63) is 66.0 Å². The molecule has 5 heteroatoms. The van der Waals surface area contributed by atoms with Gasteiger partial charge in [-0.05, 0) is 24.1 Å².